The van der Waals surface area contributed by atoms with Crippen molar-refractivity contribution in [3.63, 3.8) is 0 Å². The van der Waals surface area contributed by atoms with Crippen LogP contribution in [0.3, 0.4) is 0 Å². The van der Waals surface area contributed by atoms with Crippen molar-refractivity contribution >= 4 is 5.82 Å². The molecule has 2 heterocycles. The van der Waals surface area contributed by atoms with Crippen LogP contribution < -0.4 is 9.64 Å². The van der Waals surface area contributed by atoms with E-state index in [4.69, 9.17) is 4.74 Å². The van der Waals surface area contributed by atoms with Gasteiger partial charge in [-0.05, 0) is 40.0 Å². The van der Waals surface area contributed by atoms with Crippen LogP contribution in [0.25, 0.3) is 0 Å². The third kappa shape index (κ3) is 3.37. The number of rotatable bonds is 3. The molecule has 0 spiro atoms. The maximum atomic E-state index is 5.50. The molecule has 2 atom stereocenters. The molecule has 0 bridgehead atoms. The average molecular weight is 259 g/mol. The molecule has 1 aromatic rings. The molecule has 4 nitrogen and oxygen atoms in total. The average Bonchev–Trinajstić information content (AvgIpc) is 2.39. The van der Waals surface area contributed by atoms with E-state index in [1.807, 2.05) is 6.07 Å². The molecule has 0 amide bonds. The van der Waals surface area contributed by atoms with Crippen LogP contribution in [0.5, 0.6) is 5.88 Å². The van der Waals surface area contributed by atoms with E-state index in [1.165, 1.54) is 19.3 Å². The highest BCUT2D eigenvalue weighted by molar-refractivity contribution is 5.43. The van der Waals surface area contributed by atoms with Gasteiger partial charge in [-0.2, -0.15) is 0 Å². The minimum absolute atomic E-state index is 0.373. The molecule has 0 aromatic carbocycles. The second-order valence-corrected chi connectivity index (χ2v) is 4.97. The summed E-state index contributed by atoms with van der Waals surface area (Å²) in [6.45, 7) is 6.67. The lowest BCUT2D eigenvalue weighted by Gasteiger charge is -2.39. The Morgan fingerprint density at radius 3 is 2.74 bits per heavy atom. The maximum absolute atomic E-state index is 5.50. The van der Waals surface area contributed by atoms with Gasteiger partial charge in [0, 0.05) is 18.2 Å². The van der Waals surface area contributed by atoms with Crippen LogP contribution >= 0.6 is 0 Å². The summed E-state index contributed by atoms with van der Waals surface area (Å²) >= 11 is 0. The number of hydrogen-bond acceptors (Lipinski definition) is 4. The van der Waals surface area contributed by atoms with Crippen molar-refractivity contribution in [1.29, 1.82) is 0 Å². The lowest BCUT2D eigenvalue weighted by atomic mass is 9.97. The topological polar surface area (TPSA) is 38.2 Å². The van der Waals surface area contributed by atoms with E-state index in [0.717, 1.165) is 5.82 Å². The largest absolute Gasteiger partial charge is 0.464 e. The molecule has 1 fully saturated rings. The number of anilines is 1. The maximum Gasteiger partial charge on any atom is 0.219 e. The molecular weight excluding hydrogens is 238 g/mol. The summed E-state index contributed by atoms with van der Waals surface area (Å²) in [6, 6.07) is 2.94. The minimum atomic E-state index is 0.373. The summed E-state index contributed by atoms with van der Waals surface area (Å²) in [5, 5.41) is 0. The Kier molecular flexibility index (Phi) is 4.62. The quantitative estimate of drug-likeness (QED) is 0.782. The highest BCUT2D eigenvalue weighted by atomic mass is 16.5. The Morgan fingerprint density at radius 2 is 2.05 bits per heavy atom. The first-order valence-corrected chi connectivity index (χ1v) is 6.85. The van der Waals surface area contributed by atoms with Gasteiger partial charge in [0.15, 0.2) is 6.61 Å². The molecule has 0 N–H and O–H groups in total. The van der Waals surface area contributed by atoms with Crippen LogP contribution in [-0.2, 0) is 0 Å². The first kappa shape index (κ1) is 13.7. The number of piperidine rings is 1. The zero-order chi connectivity index (χ0) is 13.7. The smallest absolute Gasteiger partial charge is 0.219 e. The molecule has 19 heavy (non-hydrogen) atoms. The van der Waals surface area contributed by atoms with Gasteiger partial charge in [-0.25, -0.2) is 9.97 Å². The fraction of sp³-hybridized carbons (Fsp3) is 0.600. The second kappa shape index (κ2) is 6.42. The molecular formula is C15H21N3O. The van der Waals surface area contributed by atoms with E-state index in [-0.39, 0.29) is 0 Å². The minimum Gasteiger partial charge on any atom is -0.464 e. The molecule has 2 unspecified atom stereocenters. The number of ether oxygens (including phenoxy) is 1. The first-order chi connectivity index (χ1) is 9.22. The van der Waals surface area contributed by atoms with Crippen LogP contribution in [0.15, 0.2) is 12.4 Å². The van der Waals surface area contributed by atoms with Crippen molar-refractivity contribution < 1.29 is 4.74 Å². The Labute approximate surface area is 115 Å². The van der Waals surface area contributed by atoms with Crippen molar-refractivity contribution in [3.8, 4) is 17.7 Å². The van der Waals surface area contributed by atoms with Gasteiger partial charge >= 0.3 is 0 Å². The van der Waals surface area contributed by atoms with Gasteiger partial charge < -0.3 is 9.64 Å². The summed E-state index contributed by atoms with van der Waals surface area (Å²) in [5.41, 5.74) is 0. The van der Waals surface area contributed by atoms with Gasteiger partial charge in [0.25, 0.3) is 0 Å². The molecule has 0 radical (unpaired) electrons. The van der Waals surface area contributed by atoms with Gasteiger partial charge in [-0.1, -0.05) is 5.92 Å². The standard InChI is InChI=1S/C15H21N3O/c1-4-5-9-19-15-10-14(16-11-17-15)18-12(2)7-6-8-13(18)3/h10-13H,6-9H2,1-3H3. The molecule has 102 valence electrons. The molecule has 1 aliphatic rings. The zero-order valence-electron chi connectivity index (χ0n) is 11.9. The second-order valence-electron chi connectivity index (χ2n) is 4.97. The summed E-state index contributed by atoms with van der Waals surface area (Å²) in [7, 11) is 0. The van der Waals surface area contributed by atoms with Crippen molar-refractivity contribution in [2.45, 2.75) is 52.1 Å². The number of nitrogens with zero attached hydrogens (tertiary/aromatic N) is 3. The van der Waals surface area contributed by atoms with E-state index < -0.39 is 0 Å². The Balaban J connectivity index is 2.14. The normalized spacial score (nSPS) is 22.6. The number of aromatic nitrogens is 2. The lowest BCUT2D eigenvalue weighted by Crippen LogP contribution is -2.44. The molecule has 0 aliphatic carbocycles. The van der Waals surface area contributed by atoms with Gasteiger partial charge in [-0.15, -0.1) is 5.92 Å². The molecule has 4 heteroatoms. The molecule has 1 aliphatic heterocycles. The van der Waals surface area contributed by atoms with Crippen LogP contribution in [0.4, 0.5) is 5.82 Å². The fourth-order valence-corrected chi connectivity index (χ4v) is 2.61. The molecule has 2 rings (SSSR count). The highest BCUT2D eigenvalue weighted by Gasteiger charge is 2.26. The van der Waals surface area contributed by atoms with E-state index in [9.17, 15) is 0 Å². The van der Waals surface area contributed by atoms with Crippen LogP contribution in [0.1, 0.15) is 40.0 Å². The predicted octanol–water partition coefficient (Wildman–Crippen LogP) is 2.65. The molecule has 1 aromatic heterocycles. The van der Waals surface area contributed by atoms with Gasteiger partial charge in [0.1, 0.15) is 12.1 Å². The molecule has 1 saturated heterocycles. The van der Waals surface area contributed by atoms with E-state index in [1.54, 1.807) is 13.3 Å². The Bertz CT molecular complexity index is 468. The van der Waals surface area contributed by atoms with Gasteiger partial charge in [0.05, 0.1) is 0 Å². The van der Waals surface area contributed by atoms with Crippen molar-refractivity contribution in [3.05, 3.63) is 12.4 Å². The third-order valence-corrected chi connectivity index (χ3v) is 3.55. The SMILES string of the molecule is CC#CCOc1cc(N2C(C)CCCC2C)ncn1. The summed E-state index contributed by atoms with van der Waals surface area (Å²) in [4.78, 5) is 10.9. The first-order valence-electron chi connectivity index (χ1n) is 6.85. The zero-order valence-corrected chi connectivity index (χ0v) is 11.9. The summed E-state index contributed by atoms with van der Waals surface area (Å²) in [6.07, 6.45) is 5.29. The van der Waals surface area contributed by atoms with E-state index in [0.29, 0.717) is 24.6 Å². The van der Waals surface area contributed by atoms with Crippen LogP contribution in [0.2, 0.25) is 0 Å². The Hall–Kier alpha value is -1.76. The highest BCUT2D eigenvalue weighted by Crippen LogP contribution is 2.28. The third-order valence-electron chi connectivity index (χ3n) is 3.55. The summed E-state index contributed by atoms with van der Waals surface area (Å²) in [5.74, 6) is 7.22. The Morgan fingerprint density at radius 1 is 1.32 bits per heavy atom. The summed E-state index contributed by atoms with van der Waals surface area (Å²) < 4.78 is 5.50. The number of hydrogen-bond donors (Lipinski definition) is 0. The van der Waals surface area contributed by atoms with Crippen LogP contribution in [0, 0.1) is 11.8 Å². The fourth-order valence-electron chi connectivity index (χ4n) is 2.61. The van der Waals surface area contributed by atoms with Gasteiger partial charge in [0.2, 0.25) is 5.88 Å². The predicted molar refractivity (Wildman–Crippen MR) is 76.2 cm³/mol. The van der Waals surface area contributed by atoms with Crippen molar-refractivity contribution in [2.24, 2.45) is 0 Å². The van der Waals surface area contributed by atoms with Gasteiger partial charge in [-0.3, -0.25) is 0 Å². The van der Waals surface area contributed by atoms with E-state index in [2.05, 4.69) is 40.6 Å². The van der Waals surface area contributed by atoms with Crippen molar-refractivity contribution in [2.75, 3.05) is 11.5 Å². The lowest BCUT2D eigenvalue weighted by molar-refractivity contribution is 0.353. The molecule has 0 saturated carbocycles. The van der Waals surface area contributed by atoms with Crippen LogP contribution in [-0.4, -0.2) is 28.7 Å². The van der Waals surface area contributed by atoms with E-state index >= 15 is 0 Å². The van der Waals surface area contributed by atoms with Crippen molar-refractivity contribution in [1.82, 2.24) is 9.97 Å². The monoisotopic (exact) mass is 259 g/mol.